The Labute approximate surface area is 104 Å². The van der Waals surface area contributed by atoms with Gasteiger partial charge in [0, 0.05) is 31.1 Å². The van der Waals surface area contributed by atoms with Gasteiger partial charge in [-0.15, -0.1) is 0 Å². The van der Waals surface area contributed by atoms with Gasteiger partial charge in [0.25, 0.3) is 0 Å². The lowest BCUT2D eigenvalue weighted by molar-refractivity contribution is -0.117. The molecule has 0 bridgehead atoms. The third-order valence-electron chi connectivity index (χ3n) is 2.97. The summed E-state index contributed by atoms with van der Waals surface area (Å²) in [6.07, 6.45) is 0.326. The van der Waals surface area contributed by atoms with Crippen molar-refractivity contribution in [1.29, 1.82) is 0 Å². The fourth-order valence-electron chi connectivity index (χ4n) is 2.11. The second-order valence-electron chi connectivity index (χ2n) is 4.16. The summed E-state index contributed by atoms with van der Waals surface area (Å²) in [7, 11) is 0. The number of hydrogen-bond donors (Lipinski definition) is 2. The molecule has 4 nitrogen and oxygen atoms in total. The minimum Gasteiger partial charge on any atom is -0.396 e. The van der Waals surface area contributed by atoms with E-state index in [9.17, 15) is 9.90 Å². The van der Waals surface area contributed by atoms with E-state index in [-0.39, 0.29) is 25.0 Å². The molecule has 2 rings (SSSR count). The van der Waals surface area contributed by atoms with Gasteiger partial charge in [-0.05, 0) is 6.07 Å². The van der Waals surface area contributed by atoms with Crippen LogP contribution in [0.4, 0.5) is 5.69 Å². The van der Waals surface area contributed by atoms with E-state index in [0.29, 0.717) is 29.2 Å². The molecule has 1 aliphatic rings. The van der Waals surface area contributed by atoms with Gasteiger partial charge in [0.2, 0.25) is 5.91 Å². The van der Waals surface area contributed by atoms with E-state index in [1.54, 1.807) is 23.1 Å². The van der Waals surface area contributed by atoms with Crippen LogP contribution in [0.25, 0.3) is 0 Å². The van der Waals surface area contributed by atoms with Crippen molar-refractivity contribution in [2.45, 2.75) is 13.0 Å². The highest BCUT2D eigenvalue weighted by Crippen LogP contribution is 2.34. The fraction of sp³-hybridized carbons (Fsp3) is 0.417. The normalized spacial score (nSPS) is 20.1. The van der Waals surface area contributed by atoms with Crippen LogP contribution in [0.5, 0.6) is 0 Å². The highest BCUT2D eigenvalue weighted by molar-refractivity contribution is 6.34. The molecule has 0 aromatic heterocycles. The van der Waals surface area contributed by atoms with Crippen molar-refractivity contribution >= 4 is 23.2 Å². The van der Waals surface area contributed by atoms with Crippen molar-refractivity contribution in [2.75, 3.05) is 18.1 Å². The van der Waals surface area contributed by atoms with E-state index in [1.165, 1.54) is 0 Å². The largest absolute Gasteiger partial charge is 0.396 e. The van der Waals surface area contributed by atoms with Crippen LogP contribution < -0.4 is 4.90 Å². The van der Waals surface area contributed by atoms with Crippen LogP contribution in [0.1, 0.15) is 12.0 Å². The van der Waals surface area contributed by atoms with E-state index in [4.69, 9.17) is 16.7 Å². The molecule has 5 heteroatoms. The third-order valence-corrected chi connectivity index (χ3v) is 3.28. The second kappa shape index (κ2) is 5.04. The summed E-state index contributed by atoms with van der Waals surface area (Å²) in [5.41, 5.74) is 1.20. The number of halogens is 1. The van der Waals surface area contributed by atoms with Crippen molar-refractivity contribution in [3.8, 4) is 0 Å². The number of benzene rings is 1. The highest BCUT2D eigenvalue weighted by Gasteiger charge is 2.32. The molecule has 0 radical (unpaired) electrons. The SMILES string of the molecule is O=C1CC(CO)CN1c1c(Cl)cccc1CO. The number of hydrogen-bond acceptors (Lipinski definition) is 3. The second-order valence-corrected chi connectivity index (χ2v) is 4.57. The Morgan fingerprint density at radius 3 is 2.76 bits per heavy atom. The molecule has 1 amide bonds. The van der Waals surface area contributed by atoms with Gasteiger partial charge in [0.05, 0.1) is 17.3 Å². The average molecular weight is 256 g/mol. The van der Waals surface area contributed by atoms with Crippen molar-refractivity contribution in [2.24, 2.45) is 5.92 Å². The van der Waals surface area contributed by atoms with Crippen LogP contribution in [-0.4, -0.2) is 29.3 Å². The number of aliphatic hydroxyl groups excluding tert-OH is 2. The van der Waals surface area contributed by atoms with Crippen molar-refractivity contribution in [1.82, 2.24) is 0 Å². The first-order valence-electron chi connectivity index (χ1n) is 5.46. The summed E-state index contributed by atoms with van der Waals surface area (Å²) in [5.74, 6) is -0.114. The maximum atomic E-state index is 11.8. The molecule has 1 aromatic rings. The molecule has 0 saturated carbocycles. The first kappa shape index (κ1) is 12.4. The number of amides is 1. The van der Waals surface area contributed by atoms with Gasteiger partial charge in [-0.1, -0.05) is 23.7 Å². The average Bonchev–Trinajstić information content (AvgIpc) is 2.70. The topological polar surface area (TPSA) is 60.8 Å². The smallest absolute Gasteiger partial charge is 0.227 e. The number of aliphatic hydroxyl groups is 2. The predicted molar refractivity (Wildman–Crippen MR) is 64.9 cm³/mol. The summed E-state index contributed by atoms with van der Waals surface area (Å²) < 4.78 is 0. The summed E-state index contributed by atoms with van der Waals surface area (Å²) >= 11 is 6.08. The van der Waals surface area contributed by atoms with Crippen LogP contribution in [0.15, 0.2) is 18.2 Å². The minimum absolute atomic E-state index is 0.0127. The molecule has 1 aliphatic heterocycles. The van der Waals surface area contributed by atoms with Gasteiger partial charge in [-0.25, -0.2) is 0 Å². The Bertz CT molecular complexity index is 436. The van der Waals surface area contributed by atoms with Gasteiger partial charge >= 0.3 is 0 Å². The Balaban J connectivity index is 2.37. The van der Waals surface area contributed by atoms with Crippen LogP contribution in [-0.2, 0) is 11.4 Å². The summed E-state index contributed by atoms with van der Waals surface area (Å²) in [5, 5.41) is 18.8. The molecule has 17 heavy (non-hydrogen) atoms. The Morgan fingerprint density at radius 2 is 2.18 bits per heavy atom. The molecular weight excluding hydrogens is 242 g/mol. The molecule has 1 heterocycles. The highest BCUT2D eigenvalue weighted by atomic mass is 35.5. The Hall–Kier alpha value is -1.10. The molecular formula is C12H14ClNO3. The van der Waals surface area contributed by atoms with Gasteiger partial charge < -0.3 is 15.1 Å². The number of carbonyl (C=O) groups excluding carboxylic acids is 1. The fourth-order valence-corrected chi connectivity index (χ4v) is 2.41. The van der Waals surface area contributed by atoms with Crippen LogP contribution in [0.2, 0.25) is 5.02 Å². The standard InChI is InChI=1S/C12H14ClNO3/c13-10-3-1-2-9(7-16)12(10)14-5-8(6-15)4-11(14)17/h1-3,8,15-16H,4-7H2. The van der Waals surface area contributed by atoms with Crippen LogP contribution in [0, 0.1) is 5.92 Å². The van der Waals surface area contributed by atoms with Crippen molar-refractivity contribution in [3.63, 3.8) is 0 Å². The number of rotatable bonds is 3. The lowest BCUT2D eigenvalue weighted by Crippen LogP contribution is -2.26. The summed E-state index contributed by atoms with van der Waals surface area (Å²) in [6.45, 7) is 0.274. The van der Waals surface area contributed by atoms with E-state index in [0.717, 1.165) is 0 Å². The van der Waals surface area contributed by atoms with Crippen LogP contribution >= 0.6 is 11.6 Å². The predicted octanol–water partition coefficient (Wildman–Crippen LogP) is 1.18. The number of anilines is 1. The third kappa shape index (κ3) is 2.29. The molecule has 1 aromatic carbocycles. The van der Waals surface area contributed by atoms with E-state index >= 15 is 0 Å². The van der Waals surface area contributed by atoms with Gasteiger partial charge in [-0.2, -0.15) is 0 Å². The maximum Gasteiger partial charge on any atom is 0.227 e. The zero-order valence-electron chi connectivity index (χ0n) is 9.27. The van der Waals surface area contributed by atoms with Gasteiger partial charge in [-0.3, -0.25) is 4.79 Å². The van der Waals surface area contributed by atoms with Crippen LogP contribution in [0.3, 0.4) is 0 Å². The van der Waals surface area contributed by atoms with Gasteiger partial charge in [0.15, 0.2) is 0 Å². The summed E-state index contributed by atoms with van der Waals surface area (Å²) in [4.78, 5) is 13.4. The molecule has 1 saturated heterocycles. The molecule has 1 atom stereocenters. The number of carbonyl (C=O) groups is 1. The monoisotopic (exact) mass is 255 g/mol. The minimum atomic E-state index is -0.163. The zero-order chi connectivity index (χ0) is 12.4. The molecule has 0 aliphatic carbocycles. The molecule has 92 valence electrons. The molecule has 1 fully saturated rings. The lowest BCUT2D eigenvalue weighted by atomic mass is 10.1. The van der Waals surface area contributed by atoms with Crippen molar-refractivity contribution < 1.29 is 15.0 Å². The number of para-hydroxylation sites is 1. The Morgan fingerprint density at radius 1 is 1.41 bits per heavy atom. The first-order chi connectivity index (χ1) is 8.17. The quantitative estimate of drug-likeness (QED) is 0.853. The number of nitrogens with zero attached hydrogens (tertiary/aromatic N) is 1. The molecule has 2 N–H and O–H groups in total. The maximum absolute atomic E-state index is 11.8. The van der Waals surface area contributed by atoms with Gasteiger partial charge in [0.1, 0.15) is 0 Å². The Kier molecular flexibility index (Phi) is 3.66. The van der Waals surface area contributed by atoms with E-state index < -0.39 is 0 Å². The summed E-state index contributed by atoms with van der Waals surface area (Å²) in [6, 6.07) is 5.16. The molecule has 1 unspecified atom stereocenters. The molecule has 0 spiro atoms. The zero-order valence-corrected chi connectivity index (χ0v) is 10.0. The first-order valence-corrected chi connectivity index (χ1v) is 5.84. The van der Waals surface area contributed by atoms with E-state index in [2.05, 4.69) is 0 Å². The van der Waals surface area contributed by atoms with E-state index in [1.807, 2.05) is 0 Å². The van der Waals surface area contributed by atoms with Crippen molar-refractivity contribution in [3.05, 3.63) is 28.8 Å². The lowest BCUT2D eigenvalue weighted by Gasteiger charge is -2.21.